The number of anilines is 3. The first-order valence-electron chi connectivity index (χ1n) is 13.0. The number of carboxylic acids is 1. The molecule has 0 aliphatic heterocycles. The van der Waals surface area contributed by atoms with Gasteiger partial charge < -0.3 is 35.3 Å². The van der Waals surface area contributed by atoms with Crippen molar-refractivity contribution in [3.63, 3.8) is 0 Å². The lowest BCUT2D eigenvalue weighted by molar-refractivity contribution is -0.384. The monoisotopic (exact) mass is 562 g/mol. The van der Waals surface area contributed by atoms with Gasteiger partial charge in [0.05, 0.1) is 29.8 Å². The summed E-state index contributed by atoms with van der Waals surface area (Å²) < 4.78 is 5.59. The van der Waals surface area contributed by atoms with Crippen molar-refractivity contribution in [2.24, 2.45) is 0 Å². The third kappa shape index (κ3) is 7.07. The molecule has 0 fully saturated rings. The molecule has 0 unspecified atom stereocenters. The molecular formula is C28H34N8O5. The van der Waals surface area contributed by atoms with Crippen LogP contribution < -0.4 is 20.3 Å². The molecule has 4 rings (SSSR count). The van der Waals surface area contributed by atoms with Gasteiger partial charge in [0, 0.05) is 73.7 Å². The van der Waals surface area contributed by atoms with E-state index in [4.69, 9.17) is 14.8 Å². The maximum Gasteiger partial charge on any atom is 0.304 e. The molecule has 0 aliphatic carbocycles. The predicted molar refractivity (Wildman–Crippen MR) is 158 cm³/mol. The summed E-state index contributed by atoms with van der Waals surface area (Å²) in [7, 11) is 7.20. The first-order chi connectivity index (χ1) is 19.7. The Kier molecular flexibility index (Phi) is 9.32. The quantitative estimate of drug-likeness (QED) is 0.100. The van der Waals surface area contributed by atoms with E-state index in [1.165, 1.54) is 13.2 Å². The number of hydrogen-bond acceptors (Lipinski definition) is 10. The molecule has 4 N–H and O–H groups in total. The van der Waals surface area contributed by atoms with Crippen LogP contribution in [-0.4, -0.2) is 83.7 Å². The van der Waals surface area contributed by atoms with Crippen LogP contribution in [0.4, 0.5) is 23.0 Å². The lowest BCUT2D eigenvalue weighted by atomic mass is 10.1. The number of benzene rings is 2. The van der Waals surface area contributed by atoms with Crippen LogP contribution in [0.3, 0.4) is 0 Å². The van der Waals surface area contributed by atoms with Gasteiger partial charge in [-0.2, -0.15) is 0 Å². The van der Waals surface area contributed by atoms with E-state index in [9.17, 15) is 14.9 Å². The zero-order chi connectivity index (χ0) is 29.5. The molecule has 0 atom stereocenters. The number of ether oxygens (including phenoxy) is 1. The number of nitrogens with one attached hydrogen (secondary N) is 3. The van der Waals surface area contributed by atoms with Crippen LogP contribution >= 0.6 is 0 Å². The van der Waals surface area contributed by atoms with E-state index in [0.29, 0.717) is 42.5 Å². The first-order valence-corrected chi connectivity index (χ1v) is 13.0. The normalized spacial score (nSPS) is 11.1. The average molecular weight is 563 g/mol. The second kappa shape index (κ2) is 13.1. The molecule has 0 saturated heterocycles. The second-order valence-corrected chi connectivity index (χ2v) is 9.76. The van der Waals surface area contributed by atoms with Gasteiger partial charge in [-0.3, -0.25) is 14.9 Å². The number of aliphatic carboxylic acids is 1. The van der Waals surface area contributed by atoms with E-state index >= 15 is 0 Å². The van der Waals surface area contributed by atoms with Crippen LogP contribution in [0.15, 0.2) is 48.7 Å². The number of para-hydroxylation sites is 1. The molecule has 0 spiro atoms. The number of nitro benzene ring substituents is 1. The highest BCUT2D eigenvalue weighted by Crippen LogP contribution is 2.39. The number of fused-ring (bicyclic) bond motifs is 1. The molecule has 2 aromatic heterocycles. The van der Waals surface area contributed by atoms with Gasteiger partial charge in [-0.1, -0.05) is 18.2 Å². The zero-order valence-corrected chi connectivity index (χ0v) is 23.5. The van der Waals surface area contributed by atoms with Crippen molar-refractivity contribution in [3.8, 4) is 17.0 Å². The Morgan fingerprint density at radius 3 is 2.66 bits per heavy atom. The molecule has 13 heteroatoms. The molecule has 2 heterocycles. The average Bonchev–Trinajstić information content (AvgIpc) is 3.32. The van der Waals surface area contributed by atoms with Crippen molar-refractivity contribution in [2.45, 2.75) is 13.0 Å². The molecule has 216 valence electrons. The summed E-state index contributed by atoms with van der Waals surface area (Å²) in [6, 6.07) is 12.7. The summed E-state index contributed by atoms with van der Waals surface area (Å²) in [4.78, 5) is 38.8. The largest absolute Gasteiger partial charge is 0.494 e. The number of methoxy groups -OCH3 is 1. The minimum atomic E-state index is -0.871. The summed E-state index contributed by atoms with van der Waals surface area (Å²) in [5.41, 5.74) is 3.96. The van der Waals surface area contributed by atoms with E-state index in [1.54, 1.807) is 25.4 Å². The Labute approximate surface area is 237 Å². The fourth-order valence-corrected chi connectivity index (χ4v) is 4.46. The van der Waals surface area contributed by atoms with Crippen LogP contribution in [-0.2, 0) is 11.3 Å². The van der Waals surface area contributed by atoms with E-state index in [2.05, 4.69) is 20.6 Å². The van der Waals surface area contributed by atoms with Gasteiger partial charge in [0.2, 0.25) is 5.95 Å². The molecule has 0 radical (unpaired) electrons. The standard InChI is InChI=1S/C28H34N8O5/c1-34(2)13-14-35(3)23-16-25(41-4)21(15-24(23)36(39)40)33-28-30-12-9-20(32-28)27-18-7-5-6-8-19(18)31-22(27)17-29-11-10-26(37)38/h5-9,12,15-16,29,31H,10-11,13-14,17H2,1-4H3,(H,37,38)(H,30,32,33). The number of aromatic nitrogens is 3. The topological polar surface area (TPSA) is 162 Å². The van der Waals surface area contributed by atoms with Gasteiger partial charge in [-0.15, -0.1) is 0 Å². The van der Waals surface area contributed by atoms with Crippen molar-refractivity contribution < 1.29 is 19.6 Å². The first kappa shape index (κ1) is 29.2. The van der Waals surface area contributed by atoms with E-state index in [-0.39, 0.29) is 18.1 Å². The Bertz CT molecular complexity index is 1540. The van der Waals surface area contributed by atoms with Crippen molar-refractivity contribution in [2.75, 3.05) is 58.1 Å². The number of rotatable bonds is 14. The van der Waals surface area contributed by atoms with Gasteiger partial charge in [-0.05, 0) is 26.2 Å². The minimum Gasteiger partial charge on any atom is -0.494 e. The summed E-state index contributed by atoms with van der Waals surface area (Å²) in [5, 5.41) is 28.2. The van der Waals surface area contributed by atoms with E-state index in [1.807, 2.05) is 48.2 Å². The Hall–Kier alpha value is -4.75. The number of aromatic amines is 1. The summed E-state index contributed by atoms with van der Waals surface area (Å²) in [6.45, 7) is 2.04. The second-order valence-electron chi connectivity index (χ2n) is 9.76. The fourth-order valence-electron chi connectivity index (χ4n) is 4.46. The number of carbonyl (C=O) groups is 1. The van der Waals surface area contributed by atoms with Crippen molar-refractivity contribution in [1.82, 2.24) is 25.2 Å². The molecule has 13 nitrogen and oxygen atoms in total. The zero-order valence-electron chi connectivity index (χ0n) is 23.5. The maximum absolute atomic E-state index is 12.0. The molecule has 0 bridgehead atoms. The van der Waals surface area contributed by atoms with Crippen LogP contribution in [0.2, 0.25) is 0 Å². The van der Waals surface area contributed by atoms with Gasteiger partial charge in [0.15, 0.2) is 0 Å². The van der Waals surface area contributed by atoms with E-state index in [0.717, 1.165) is 28.7 Å². The third-order valence-electron chi connectivity index (χ3n) is 6.55. The van der Waals surface area contributed by atoms with Crippen LogP contribution in [0.5, 0.6) is 5.75 Å². The highest BCUT2D eigenvalue weighted by molar-refractivity contribution is 5.96. The highest BCUT2D eigenvalue weighted by atomic mass is 16.6. The molecule has 2 aromatic carbocycles. The van der Waals surface area contributed by atoms with Gasteiger partial charge in [-0.25, -0.2) is 9.97 Å². The fraction of sp³-hybridized carbons (Fsp3) is 0.321. The summed E-state index contributed by atoms with van der Waals surface area (Å²) >= 11 is 0. The third-order valence-corrected chi connectivity index (χ3v) is 6.55. The van der Waals surface area contributed by atoms with Gasteiger partial charge >= 0.3 is 5.97 Å². The number of carboxylic acid groups (broad SMARTS) is 1. The minimum absolute atomic E-state index is 0.00927. The molecule has 0 saturated carbocycles. The van der Waals surface area contributed by atoms with Crippen LogP contribution in [0.25, 0.3) is 22.2 Å². The van der Waals surface area contributed by atoms with Crippen LogP contribution in [0.1, 0.15) is 12.1 Å². The highest BCUT2D eigenvalue weighted by Gasteiger charge is 2.23. The van der Waals surface area contributed by atoms with Crippen molar-refractivity contribution >= 4 is 39.9 Å². The molecule has 4 aromatic rings. The number of nitro groups is 1. The summed E-state index contributed by atoms with van der Waals surface area (Å²) in [6.07, 6.45) is 1.62. The molecular weight excluding hydrogens is 528 g/mol. The van der Waals surface area contributed by atoms with Crippen LogP contribution in [0, 0.1) is 10.1 Å². The smallest absolute Gasteiger partial charge is 0.304 e. The van der Waals surface area contributed by atoms with Gasteiger partial charge in [0.25, 0.3) is 5.69 Å². The number of likely N-dealkylation sites (N-methyl/N-ethyl adjacent to an activating group) is 2. The summed E-state index contributed by atoms with van der Waals surface area (Å²) in [5.74, 6) is -0.226. The Morgan fingerprint density at radius 2 is 1.95 bits per heavy atom. The number of hydrogen-bond donors (Lipinski definition) is 4. The lowest BCUT2D eigenvalue weighted by Crippen LogP contribution is -2.28. The molecule has 0 aliphatic rings. The van der Waals surface area contributed by atoms with Crippen molar-refractivity contribution in [1.29, 1.82) is 0 Å². The number of H-pyrrole nitrogens is 1. The Balaban J connectivity index is 1.67. The SMILES string of the molecule is COc1cc(N(C)CCN(C)C)c([N+](=O)[O-])cc1Nc1nccc(-c2c(CNCCC(=O)O)[nH]c3ccccc23)n1. The molecule has 41 heavy (non-hydrogen) atoms. The van der Waals surface area contributed by atoms with E-state index < -0.39 is 10.9 Å². The molecule has 0 amide bonds. The predicted octanol–water partition coefficient (Wildman–Crippen LogP) is 3.85. The number of nitrogens with zero attached hydrogens (tertiary/aromatic N) is 5. The van der Waals surface area contributed by atoms with Gasteiger partial charge in [0.1, 0.15) is 11.4 Å². The lowest BCUT2D eigenvalue weighted by Gasteiger charge is -2.22. The van der Waals surface area contributed by atoms with Crippen molar-refractivity contribution in [3.05, 3.63) is 64.5 Å². The maximum atomic E-state index is 12.0. The Morgan fingerprint density at radius 1 is 1.17 bits per heavy atom.